The maximum absolute atomic E-state index is 6.03. The first-order valence-corrected chi connectivity index (χ1v) is 9.73. The van der Waals surface area contributed by atoms with Crippen LogP contribution in [0.15, 0.2) is 33.8 Å². The first-order chi connectivity index (χ1) is 13.1. The molecule has 1 aromatic carbocycles. The molecule has 0 aliphatic carbocycles. The molecule has 0 radical (unpaired) electrons. The summed E-state index contributed by atoms with van der Waals surface area (Å²) in [6, 6.07) is 7.98. The van der Waals surface area contributed by atoms with Crippen LogP contribution in [0.1, 0.15) is 25.7 Å². The van der Waals surface area contributed by atoms with Gasteiger partial charge in [-0.3, -0.25) is 9.89 Å². The highest BCUT2D eigenvalue weighted by Gasteiger charge is 2.25. The Labute approximate surface area is 165 Å². The lowest BCUT2D eigenvalue weighted by Gasteiger charge is -2.29. The molecule has 8 heteroatoms. The van der Waals surface area contributed by atoms with Gasteiger partial charge in [-0.1, -0.05) is 35.8 Å². The van der Waals surface area contributed by atoms with Crippen LogP contribution in [-0.4, -0.2) is 65.7 Å². The number of halogens is 1. The van der Waals surface area contributed by atoms with Gasteiger partial charge in [0.15, 0.2) is 5.96 Å². The molecule has 1 aliphatic rings. The van der Waals surface area contributed by atoms with Crippen LogP contribution < -0.4 is 5.32 Å². The van der Waals surface area contributed by atoms with Gasteiger partial charge in [-0.2, -0.15) is 4.98 Å². The number of guanidine groups is 1. The predicted molar refractivity (Wildman–Crippen MR) is 108 cm³/mol. The van der Waals surface area contributed by atoms with Crippen molar-refractivity contribution in [3.63, 3.8) is 0 Å². The highest BCUT2D eigenvalue weighted by atomic mass is 35.5. The molecule has 0 amide bonds. The van der Waals surface area contributed by atoms with Crippen molar-refractivity contribution in [2.75, 3.05) is 33.7 Å². The molecule has 3 rings (SSSR count). The molecule has 1 saturated heterocycles. The van der Waals surface area contributed by atoms with E-state index in [2.05, 4.69) is 44.2 Å². The Kier molecular flexibility index (Phi) is 6.68. The van der Waals surface area contributed by atoms with Gasteiger partial charge < -0.3 is 14.7 Å². The Balaban J connectivity index is 1.56. The van der Waals surface area contributed by atoms with Gasteiger partial charge in [-0.25, -0.2) is 0 Å². The van der Waals surface area contributed by atoms with E-state index in [-0.39, 0.29) is 0 Å². The lowest BCUT2D eigenvalue weighted by atomic mass is 10.2. The van der Waals surface area contributed by atoms with Gasteiger partial charge in [0, 0.05) is 37.3 Å². The zero-order chi connectivity index (χ0) is 19.2. The van der Waals surface area contributed by atoms with Crippen molar-refractivity contribution in [1.29, 1.82) is 0 Å². The average molecular weight is 391 g/mol. The fraction of sp³-hybridized carbons (Fsp3) is 0.526. The van der Waals surface area contributed by atoms with E-state index in [0.29, 0.717) is 29.3 Å². The third kappa shape index (κ3) is 4.99. The zero-order valence-corrected chi connectivity index (χ0v) is 16.9. The Bertz CT molecular complexity index is 777. The second-order valence-corrected chi connectivity index (χ2v) is 7.16. The summed E-state index contributed by atoms with van der Waals surface area (Å²) in [5.74, 6) is 1.86. The molecule has 1 aromatic heterocycles. The number of hydrogen-bond acceptors (Lipinski definition) is 5. The van der Waals surface area contributed by atoms with Crippen molar-refractivity contribution >= 4 is 17.6 Å². The SMILES string of the molecule is CCN1CCCC1CN(C)C(=NC)NCc1nc(-c2cccc(Cl)c2)no1. The number of aromatic nitrogens is 2. The minimum atomic E-state index is 0.423. The second kappa shape index (κ2) is 9.19. The van der Waals surface area contributed by atoms with Gasteiger partial charge in [0.05, 0.1) is 6.54 Å². The number of likely N-dealkylation sites (N-methyl/N-ethyl adjacent to an activating group) is 2. The summed E-state index contributed by atoms with van der Waals surface area (Å²) < 4.78 is 5.35. The Morgan fingerprint density at radius 1 is 1.48 bits per heavy atom. The van der Waals surface area contributed by atoms with Crippen LogP contribution in [0.5, 0.6) is 0 Å². The molecule has 2 aromatic rings. The summed E-state index contributed by atoms with van der Waals surface area (Å²) in [5, 5.41) is 7.98. The Hall–Kier alpha value is -2.12. The predicted octanol–water partition coefficient (Wildman–Crippen LogP) is 2.88. The van der Waals surface area contributed by atoms with Crippen LogP contribution in [0, 0.1) is 0 Å². The lowest BCUT2D eigenvalue weighted by molar-refractivity contribution is 0.232. The summed E-state index contributed by atoms with van der Waals surface area (Å²) in [5.41, 5.74) is 0.833. The molecule has 2 heterocycles. The summed E-state index contributed by atoms with van der Waals surface area (Å²) in [4.78, 5) is 13.5. The third-order valence-electron chi connectivity index (χ3n) is 4.91. The largest absolute Gasteiger partial charge is 0.347 e. The molecule has 0 spiro atoms. The van der Waals surface area contributed by atoms with E-state index in [9.17, 15) is 0 Å². The number of nitrogens with one attached hydrogen (secondary N) is 1. The highest BCUT2D eigenvalue weighted by Crippen LogP contribution is 2.20. The average Bonchev–Trinajstić information content (AvgIpc) is 3.31. The van der Waals surface area contributed by atoms with E-state index in [1.165, 1.54) is 19.4 Å². The summed E-state index contributed by atoms with van der Waals surface area (Å²) >= 11 is 6.03. The Morgan fingerprint density at radius 2 is 2.33 bits per heavy atom. The smallest absolute Gasteiger partial charge is 0.246 e. The van der Waals surface area contributed by atoms with Crippen LogP contribution in [0.2, 0.25) is 5.02 Å². The number of aliphatic imine (C=N–C) groups is 1. The van der Waals surface area contributed by atoms with E-state index in [0.717, 1.165) is 24.6 Å². The maximum atomic E-state index is 6.03. The molecule has 1 aliphatic heterocycles. The fourth-order valence-electron chi connectivity index (χ4n) is 3.53. The summed E-state index contributed by atoms with van der Waals surface area (Å²) in [6.45, 7) is 5.88. The van der Waals surface area contributed by atoms with Crippen molar-refractivity contribution in [1.82, 2.24) is 25.3 Å². The molecule has 1 unspecified atom stereocenters. The van der Waals surface area contributed by atoms with Crippen LogP contribution in [0.3, 0.4) is 0 Å². The van der Waals surface area contributed by atoms with Crippen LogP contribution in [0.25, 0.3) is 11.4 Å². The van der Waals surface area contributed by atoms with E-state index in [4.69, 9.17) is 16.1 Å². The van der Waals surface area contributed by atoms with Crippen LogP contribution >= 0.6 is 11.6 Å². The number of benzene rings is 1. The second-order valence-electron chi connectivity index (χ2n) is 6.73. The summed E-state index contributed by atoms with van der Waals surface area (Å²) in [7, 11) is 3.85. The van der Waals surface area contributed by atoms with Crippen molar-refractivity contribution in [2.24, 2.45) is 4.99 Å². The quantitative estimate of drug-likeness (QED) is 0.604. The van der Waals surface area contributed by atoms with Gasteiger partial charge in [-0.15, -0.1) is 0 Å². The third-order valence-corrected chi connectivity index (χ3v) is 5.15. The molecular weight excluding hydrogens is 364 g/mol. The van der Waals surface area contributed by atoms with Gasteiger partial charge in [0.1, 0.15) is 0 Å². The van der Waals surface area contributed by atoms with Gasteiger partial charge in [0.2, 0.25) is 11.7 Å². The number of rotatable bonds is 6. The fourth-order valence-corrected chi connectivity index (χ4v) is 3.72. The van der Waals surface area contributed by atoms with E-state index in [1.54, 1.807) is 7.05 Å². The van der Waals surface area contributed by atoms with Gasteiger partial charge in [-0.05, 0) is 38.1 Å². The number of hydrogen-bond donors (Lipinski definition) is 1. The normalized spacial score (nSPS) is 18.1. The zero-order valence-electron chi connectivity index (χ0n) is 16.2. The molecular formula is C19H27ClN6O. The molecule has 7 nitrogen and oxygen atoms in total. The number of nitrogens with zero attached hydrogens (tertiary/aromatic N) is 5. The molecule has 1 fully saturated rings. The molecule has 1 atom stereocenters. The van der Waals surface area contributed by atoms with Crippen molar-refractivity contribution in [3.8, 4) is 11.4 Å². The standard InChI is InChI=1S/C19H27ClN6O/c1-4-26-10-6-9-16(26)13-25(3)19(21-2)22-12-17-23-18(24-27-17)14-7-5-8-15(20)11-14/h5,7-8,11,16H,4,6,9-10,12-13H2,1-3H3,(H,21,22). The topological polar surface area (TPSA) is 69.8 Å². The van der Waals surface area contributed by atoms with Crippen molar-refractivity contribution in [3.05, 3.63) is 35.2 Å². The van der Waals surface area contributed by atoms with E-state index < -0.39 is 0 Å². The highest BCUT2D eigenvalue weighted by molar-refractivity contribution is 6.30. The molecule has 146 valence electrons. The molecule has 27 heavy (non-hydrogen) atoms. The van der Waals surface area contributed by atoms with Crippen LogP contribution in [-0.2, 0) is 6.54 Å². The minimum absolute atomic E-state index is 0.423. The monoisotopic (exact) mass is 390 g/mol. The van der Waals surface area contributed by atoms with E-state index in [1.807, 2.05) is 24.3 Å². The van der Waals surface area contributed by atoms with Crippen molar-refractivity contribution < 1.29 is 4.52 Å². The first kappa shape index (κ1) is 19.6. The van der Waals surface area contributed by atoms with Gasteiger partial charge in [0.25, 0.3) is 0 Å². The first-order valence-electron chi connectivity index (χ1n) is 9.35. The van der Waals surface area contributed by atoms with Gasteiger partial charge >= 0.3 is 0 Å². The van der Waals surface area contributed by atoms with E-state index >= 15 is 0 Å². The molecule has 0 bridgehead atoms. The Morgan fingerprint density at radius 3 is 3.07 bits per heavy atom. The minimum Gasteiger partial charge on any atom is -0.347 e. The van der Waals surface area contributed by atoms with Crippen LogP contribution in [0.4, 0.5) is 0 Å². The molecule has 0 saturated carbocycles. The number of likely N-dealkylation sites (tertiary alicyclic amines) is 1. The molecule has 1 N–H and O–H groups in total. The maximum Gasteiger partial charge on any atom is 0.246 e. The lowest BCUT2D eigenvalue weighted by Crippen LogP contribution is -2.45. The summed E-state index contributed by atoms with van der Waals surface area (Å²) in [6.07, 6.45) is 2.51. The van der Waals surface area contributed by atoms with Crippen molar-refractivity contribution in [2.45, 2.75) is 32.4 Å².